The van der Waals surface area contributed by atoms with Crippen molar-refractivity contribution in [2.45, 2.75) is 5.22 Å². The van der Waals surface area contributed by atoms with Gasteiger partial charge >= 0.3 is 0 Å². The minimum Gasteiger partial charge on any atom is -0.440 e. The molecular formula is C11H11N3O2S. The van der Waals surface area contributed by atoms with E-state index >= 15 is 0 Å². The van der Waals surface area contributed by atoms with Gasteiger partial charge in [-0.05, 0) is 18.2 Å². The van der Waals surface area contributed by atoms with E-state index in [1.807, 2.05) is 0 Å². The molecule has 0 fully saturated rings. The fraction of sp³-hybridized carbons (Fsp3) is 0.0909. The highest BCUT2D eigenvalue weighted by Gasteiger charge is 2.06. The maximum Gasteiger partial charge on any atom is 0.256 e. The van der Waals surface area contributed by atoms with E-state index < -0.39 is 0 Å². The Morgan fingerprint density at radius 1 is 1.53 bits per heavy atom. The number of carbonyl (C=O) groups is 1. The molecule has 2 aromatic rings. The first-order valence-electron chi connectivity index (χ1n) is 4.92. The van der Waals surface area contributed by atoms with E-state index in [9.17, 15) is 4.79 Å². The van der Waals surface area contributed by atoms with Crippen LogP contribution in [0.4, 0.5) is 11.4 Å². The highest BCUT2D eigenvalue weighted by atomic mass is 32.2. The van der Waals surface area contributed by atoms with Crippen LogP contribution in [0.1, 0.15) is 0 Å². The topological polar surface area (TPSA) is 81.1 Å². The van der Waals surface area contributed by atoms with Gasteiger partial charge in [0.25, 0.3) is 5.22 Å². The second-order valence-electron chi connectivity index (χ2n) is 3.26. The molecule has 1 aromatic heterocycles. The van der Waals surface area contributed by atoms with E-state index in [4.69, 9.17) is 10.2 Å². The molecular weight excluding hydrogens is 238 g/mol. The van der Waals surface area contributed by atoms with Crippen LogP contribution >= 0.6 is 11.8 Å². The van der Waals surface area contributed by atoms with Crippen molar-refractivity contribution < 1.29 is 9.21 Å². The maximum absolute atomic E-state index is 11.6. The Hall–Kier alpha value is -1.95. The van der Waals surface area contributed by atoms with Crippen molar-refractivity contribution in [2.24, 2.45) is 0 Å². The third kappa shape index (κ3) is 3.53. The Balaban J connectivity index is 1.85. The second kappa shape index (κ2) is 5.40. The number of rotatable bonds is 4. The number of nitrogens with one attached hydrogen (secondary N) is 1. The molecule has 0 bridgehead atoms. The van der Waals surface area contributed by atoms with E-state index in [1.165, 1.54) is 24.2 Å². The number of carbonyl (C=O) groups excluding carboxylic acids is 1. The molecule has 1 aromatic carbocycles. The number of oxazole rings is 1. The molecule has 0 saturated heterocycles. The summed E-state index contributed by atoms with van der Waals surface area (Å²) < 4.78 is 5.01. The molecule has 3 N–H and O–H groups in total. The number of hydrogen-bond acceptors (Lipinski definition) is 5. The molecule has 1 heterocycles. The third-order valence-electron chi connectivity index (χ3n) is 1.91. The summed E-state index contributed by atoms with van der Waals surface area (Å²) in [6.45, 7) is 0. The summed E-state index contributed by atoms with van der Waals surface area (Å²) in [5.41, 5.74) is 6.90. The summed E-state index contributed by atoms with van der Waals surface area (Å²) >= 11 is 1.24. The first kappa shape index (κ1) is 11.5. The summed E-state index contributed by atoms with van der Waals surface area (Å²) in [7, 11) is 0. The Morgan fingerprint density at radius 3 is 3.12 bits per heavy atom. The molecule has 5 nitrogen and oxygen atoms in total. The second-order valence-corrected chi connectivity index (χ2v) is 4.19. The minimum absolute atomic E-state index is 0.126. The lowest BCUT2D eigenvalue weighted by Gasteiger charge is -2.04. The lowest BCUT2D eigenvalue weighted by molar-refractivity contribution is -0.113. The van der Waals surface area contributed by atoms with Crippen molar-refractivity contribution in [3.8, 4) is 0 Å². The maximum atomic E-state index is 11.6. The van der Waals surface area contributed by atoms with E-state index in [0.717, 1.165) is 0 Å². The molecule has 0 aliphatic carbocycles. The Morgan fingerprint density at radius 2 is 2.41 bits per heavy atom. The number of nitrogens with two attached hydrogens (primary N) is 1. The fourth-order valence-corrected chi connectivity index (χ4v) is 1.81. The monoisotopic (exact) mass is 249 g/mol. The number of nitrogen functional groups attached to an aromatic ring is 1. The van der Waals surface area contributed by atoms with Gasteiger partial charge in [0, 0.05) is 11.4 Å². The average Bonchev–Trinajstić information content (AvgIpc) is 2.79. The smallest absolute Gasteiger partial charge is 0.256 e. The van der Waals surface area contributed by atoms with Crippen LogP contribution in [0.25, 0.3) is 0 Å². The summed E-state index contributed by atoms with van der Waals surface area (Å²) in [5.74, 6) is 0.119. The van der Waals surface area contributed by atoms with Crippen molar-refractivity contribution in [1.82, 2.24) is 4.98 Å². The predicted octanol–water partition coefficient (Wildman–Crippen LogP) is 1.99. The van der Waals surface area contributed by atoms with Crippen LogP contribution in [0.5, 0.6) is 0 Å². The molecule has 1 amide bonds. The van der Waals surface area contributed by atoms with Crippen LogP contribution in [0, 0.1) is 0 Å². The third-order valence-corrected chi connectivity index (χ3v) is 2.76. The van der Waals surface area contributed by atoms with Crippen LogP contribution in [-0.2, 0) is 4.79 Å². The molecule has 6 heteroatoms. The van der Waals surface area contributed by atoms with Crippen molar-refractivity contribution in [1.29, 1.82) is 0 Å². The first-order valence-corrected chi connectivity index (χ1v) is 5.90. The molecule has 88 valence electrons. The summed E-state index contributed by atoms with van der Waals surface area (Å²) in [4.78, 5) is 15.5. The molecule has 2 rings (SSSR count). The van der Waals surface area contributed by atoms with Crippen LogP contribution < -0.4 is 11.1 Å². The lowest BCUT2D eigenvalue weighted by atomic mass is 10.3. The van der Waals surface area contributed by atoms with E-state index in [-0.39, 0.29) is 11.7 Å². The standard InChI is InChI=1S/C11H11N3O2S/c12-8-2-1-3-9(6-8)14-10(15)7-17-11-13-4-5-16-11/h1-6H,7,12H2,(H,14,15). The number of hydrogen-bond donors (Lipinski definition) is 2. The zero-order chi connectivity index (χ0) is 12.1. The van der Waals surface area contributed by atoms with Gasteiger partial charge in [0.1, 0.15) is 6.26 Å². The first-order chi connectivity index (χ1) is 8.24. The van der Waals surface area contributed by atoms with Gasteiger partial charge in [0.05, 0.1) is 11.9 Å². The molecule has 0 aliphatic heterocycles. The Kier molecular flexibility index (Phi) is 3.66. The van der Waals surface area contributed by atoms with Crippen LogP contribution in [0.2, 0.25) is 0 Å². The zero-order valence-corrected chi connectivity index (χ0v) is 9.74. The molecule has 0 unspecified atom stereocenters. The largest absolute Gasteiger partial charge is 0.440 e. The summed E-state index contributed by atoms with van der Waals surface area (Å²) in [6.07, 6.45) is 3.01. The molecule has 17 heavy (non-hydrogen) atoms. The average molecular weight is 249 g/mol. The predicted molar refractivity (Wildman–Crippen MR) is 66.7 cm³/mol. The van der Waals surface area contributed by atoms with Gasteiger partial charge in [-0.25, -0.2) is 4.98 Å². The highest BCUT2D eigenvalue weighted by Crippen LogP contribution is 2.16. The van der Waals surface area contributed by atoms with Gasteiger partial charge < -0.3 is 15.5 Å². The Bertz CT molecular complexity index is 499. The lowest BCUT2D eigenvalue weighted by Crippen LogP contribution is -2.14. The van der Waals surface area contributed by atoms with Gasteiger partial charge in [0.15, 0.2) is 0 Å². The highest BCUT2D eigenvalue weighted by molar-refractivity contribution is 7.99. The van der Waals surface area contributed by atoms with Crippen molar-refractivity contribution in [2.75, 3.05) is 16.8 Å². The van der Waals surface area contributed by atoms with Crippen LogP contribution in [-0.4, -0.2) is 16.6 Å². The van der Waals surface area contributed by atoms with Gasteiger partial charge in [-0.3, -0.25) is 4.79 Å². The molecule has 0 aliphatic rings. The Labute approximate surface area is 102 Å². The summed E-state index contributed by atoms with van der Waals surface area (Å²) in [5, 5.41) is 3.22. The number of aromatic nitrogens is 1. The van der Waals surface area contributed by atoms with E-state index in [2.05, 4.69) is 10.3 Å². The van der Waals surface area contributed by atoms with E-state index in [1.54, 1.807) is 24.3 Å². The van der Waals surface area contributed by atoms with Crippen molar-refractivity contribution in [3.05, 3.63) is 36.7 Å². The van der Waals surface area contributed by atoms with Gasteiger partial charge in [-0.15, -0.1) is 0 Å². The zero-order valence-electron chi connectivity index (χ0n) is 8.92. The molecule has 0 spiro atoms. The van der Waals surface area contributed by atoms with Crippen LogP contribution in [0.3, 0.4) is 0 Å². The van der Waals surface area contributed by atoms with Crippen molar-refractivity contribution >= 4 is 29.0 Å². The quantitative estimate of drug-likeness (QED) is 0.639. The number of anilines is 2. The number of amides is 1. The molecule has 0 radical (unpaired) electrons. The number of nitrogens with zero attached hydrogens (tertiary/aromatic N) is 1. The minimum atomic E-state index is -0.126. The van der Waals surface area contributed by atoms with Gasteiger partial charge in [-0.2, -0.15) is 0 Å². The van der Waals surface area contributed by atoms with Crippen LogP contribution in [0.15, 0.2) is 46.4 Å². The van der Waals surface area contributed by atoms with Gasteiger partial charge in [-0.1, -0.05) is 17.8 Å². The number of benzene rings is 1. The summed E-state index contributed by atoms with van der Waals surface area (Å²) in [6, 6.07) is 7.03. The van der Waals surface area contributed by atoms with Crippen molar-refractivity contribution in [3.63, 3.8) is 0 Å². The SMILES string of the molecule is Nc1cccc(NC(=O)CSc2ncco2)c1. The molecule has 0 saturated carbocycles. The normalized spacial score (nSPS) is 10.1. The number of thioether (sulfide) groups is 1. The molecule has 0 atom stereocenters. The fourth-order valence-electron chi connectivity index (χ4n) is 1.22. The van der Waals surface area contributed by atoms with E-state index in [0.29, 0.717) is 16.6 Å². The van der Waals surface area contributed by atoms with Gasteiger partial charge in [0.2, 0.25) is 5.91 Å².